The topological polar surface area (TPSA) is 58.4 Å². The van der Waals surface area contributed by atoms with Crippen LogP contribution in [0.25, 0.3) is 0 Å². The molecule has 2 aromatic rings. The average molecular weight is 327 g/mol. The van der Waals surface area contributed by atoms with Gasteiger partial charge in [-0.2, -0.15) is 0 Å². The van der Waals surface area contributed by atoms with Gasteiger partial charge in [0.05, 0.1) is 25.1 Å². The van der Waals surface area contributed by atoms with Crippen LogP contribution in [0.5, 0.6) is 0 Å². The lowest BCUT2D eigenvalue weighted by molar-refractivity contribution is 0.148. The summed E-state index contributed by atoms with van der Waals surface area (Å²) in [5, 5.41) is 3.13. The van der Waals surface area contributed by atoms with E-state index in [1.807, 2.05) is 30.0 Å². The van der Waals surface area contributed by atoms with Crippen molar-refractivity contribution in [3.8, 4) is 0 Å². The van der Waals surface area contributed by atoms with Crippen molar-refractivity contribution in [2.75, 3.05) is 0 Å². The van der Waals surface area contributed by atoms with E-state index in [-0.39, 0.29) is 12.1 Å². The van der Waals surface area contributed by atoms with Gasteiger partial charge in [-0.15, -0.1) is 0 Å². The van der Waals surface area contributed by atoms with Gasteiger partial charge in [-0.3, -0.25) is 4.98 Å². The number of furan rings is 1. The van der Waals surface area contributed by atoms with E-state index < -0.39 is 0 Å². The zero-order chi connectivity index (χ0) is 16.8. The Hall–Kier alpha value is -2.30. The summed E-state index contributed by atoms with van der Waals surface area (Å²) in [6.07, 6.45) is 12.7. The van der Waals surface area contributed by atoms with Crippen LogP contribution in [0.1, 0.15) is 56.2 Å². The van der Waals surface area contributed by atoms with Gasteiger partial charge < -0.3 is 14.6 Å². The van der Waals surface area contributed by atoms with Crippen LogP contribution in [0, 0.1) is 0 Å². The number of hydrogen-bond donors (Lipinski definition) is 1. The molecule has 5 nitrogen and oxygen atoms in total. The van der Waals surface area contributed by atoms with Crippen LogP contribution in [0.3, 0.4) is 0 Å². The van der Waals surface area contributed by atoms with Crippen molar-refractivity contribution in [3.63, 3.8) is 0 Å². The van der Waals surface area contributed by atoms with Crippen molar-refractivity contribution in [3.05, 3.63) is 54.2 Å². The third-order valence-corrected chi connectivity index (χ3v) is 4.76. The summed E-state index contributed by atoms with van der Waals surface area (Å²) in [7, 11) is 0. The summed E-state index contributed by atoms with van der Waals surface area (Å²) < 4.78 is 5.17. The zero-order valence-electron chi connectivity index (χ0n) is 14.1. The molecule has 0 bridgehead atoms. The van der Waals surface area contributed by atoms with Crippen molar-refractivity contribution < 1.29 is 9.21 Å². The molecule has 0 radical (unpaired) electrons. The number of amides is 2. The number of pyridine rings is 1. The summed E-state index contributed by atoms with van der Waals surface area (Å²) in [6, 6.07) is 6.05. The molecule has 0 aromatic carbocycles. The number of nitrogens with one attached hydrogen (secondary N) is 1. The van der Waals surface area contributed by atoms with Crippen LogP contribution < -0.4 is 5.32 Å². The Labute approximate surface area is 143 Å². The second-order valence-electron chi connectivity index (χ2n) is 6.50. The van der Waals surface area contributed by atoms with Gasteiger partial charge in [0.1, 0.15) is 0 Å². The standard InChI is InChI=1S/C19H25N3O2/c1-15(17-7-10-20-11-8-17)21-19(23)22(13-16-9-12-24-14-16)18-5-3-2-4-6-18/h7-12,14-15,18H,2-6,13H2,1H3,(H,21,23)/t15-/m1/s1. The van der Waals surface area contributed by atoms with Crippen LogP contribution in [-0.2, 0) is 6.54 Å². The highest BCUT2D eigenvalue weighted by atomic mass is 16.3. The van der Waals surface area contributed by atoms with E-state index in [0.29, 0.717) is 12.6 Å². The van der Waals surface area contributed by atoms with Gasteiger partial charge in [-0.1, -0.05) is 19.3 Å². The minimum Gasteiger partial charge on any atom is -0.472 e. The molecule has 2 amide bonds. The second kappa shape index (κ2) is 7.99. The van der Waals surface area contributed by atoms with Gasteiger partial charge in [-0.05, 0) is 43.5 Å². The first-order valence-corrected chi connectivity index (χ1v) is 8.72. The Morgan fingerprint density at radius 3 is 2.71 bits per heavy atom. The van der Waals surface area contributed by atoms with Crippen molar-refractivity contribution in [1.82, 2.24) is 15.2 Å². The number of aromatic nitrogens is 1. The van der Waals surface area contributed by atoms with E-state index in [0.717, 1.165) is 24.0 Å². The number of nitrogens with zero attached hydrogens (tertiary/aromatic N) is 2. The van der Waals surface area contributed by atoms with Crippen molar-refractivity contribution in [2.24, 2.45) is 0 Å². The van der Waals surface area contributed by atoms with E-state index in [4.69, 9.17) is 4.42 Å². The van der Waals surface area contributed by atoms with Gasteiger partial charge in [0.2, 0.25) is 0 Å². The van der Waals surface area contributed by atoms with E-state index in [1.165, 1.54) is 19.3 Å². The third-order valence-electron chi connectivity index (χ3n) is 4.76. The Morgan fingerprint density at radius 2 is 2.04 bits per heavy atom. The summed E-state index contributed by atoms with van der Waals surface area (Å²) in [5.74, 6) is 0. The first-order valence-electron chi connectivity index (χ1n) is 8.72. The molecule has 1 fully saturated rings. The predicted octanol–water partition coefficient (Wildman–Crippen LogP) is 4.28. The molecular formula is C19H25N3O2. The number of carbonyl (C=O) groups excluding carboxylic acids is 1. The van der Waals surface area contributed by atoms with Crippen LogP contribution in [0.15, 0.2) is 47.5 Å². The Balaban J connectivity index is 1.70. The SMILES string of the molecule is C[C@@H](NC(=O)N(Cc1ccoc1)C1CCCCC1)c1ccncc1. The summed E-state index contributed by atoms with van der Waals surface area (Å²) >= 11 is 0. The van der Waals surface area contributed by atoms with Crippen LogP contribution in [-0.4, -0.2) is 22.0 Å². The monoisotopic (exact) mass is 327 g/mol. The fourth-order valence-corrected chi connectivity index (χ4v) is 3.34. The minimum atomic E-state index is -0.0454. The van der Waals surface area contributed by atoms with Crippen LogP contribution >= 0.6 is 0 Å². The highest BCUT2D eigenvalue weighted by Crippen LogP contribution is 2.25. The molecule has 1 aliphatic rings. The lowest BCUT2D eigenvalue weighted by Gasteiger charge is -2.35. The number of rotatable bonds is 5. The fourth-order valence-electron chi connectivity index (χ4n) is 3.34. The first kappa shape index (κ1) is 16.6. The molecule has 0 spiro atoms. The smallest absolute Gasteiger partial charge is 0.318 e. The van der Waals surface area contributed by atoms with Crippen molar-refractivity contribution >= 4 is 6.03 Å². The molecule has 0 saturated heterocycles. The minimum absolute atomic E-state index is 0.00703. The maximum absolute atomic E-state index is 12.9. The van der Waals surface area contributed by atoms with Gasteiger partial charge in [0.15, 0.2) is 0 Å². The lowest BCUT2D eigenvalue weighted by Crippen LogP contribution is -2.47. The van der Waals surface area contributed by atoms with Gasteiger partial charge in [0, 0.05) is 24.0 Å². The van der Waals surface area contributed by atoms with E-state index in [9.17, 15) is 4.79 Å². The summed E-state index contributed by atoms with van der Waals surface area (Å²) in [6.45, 7) is 2.60. The number of carbonyl (C=O) groups is 1. The first-order chi connectivity index (χ1) is 11.7. The molecule has 1 atom stereocenters. The Morgan fingerprint density at radius 1 is 1.29 bits per heavy atom. The molecule has 2 heterocycles. The fraction of sp³-hybridized carbons (Fsp3) is 0.474. The quantitative estimate of drug-likeness (QED) is 0.891. The highest BCUT2D eigenvalue weighted by molar-refractivity contribution is 5.75. The molecule has 5 heteroatoms. The van der Waals surface area contributed by atoms with Crippen LogP contribution in [0.2, 0.25) is 0 Å². The van der Waals surface area contributed by atoms with E-state index in [1.54, 1.807) is 24.9 Å². The molecular weight excluding hydrogens is 302 g/mol. The Kier molecular flexibility index (Phi) is 5.51. The molecule has 24 heavy (non-hydrogen) atoms. The van der Waals surface area contributed by atoms with Crippen LogP contribution in [0.4, 0.5) is 4.79 Å². The molecule has 1 saturated carbocycles. The van der Waals surface area contributed by atoms with Gasteiger partial charge >= 0.3 is 6.03 Å². The van der Waals surface area contributed by atoms with E-state index in [2.05, 4.69) is 10.3 Å². The third kappa shape index (κ3) is 4.16. The molecule has 2 aromatic heterocycles. The zero-order valence-corrected chi connectivity index (χ0v) is 14.1. The maximum Gasteiger partial charge on any atom is 0.318 e. The maximum atomic E-state index is 12.9. The average Bonchev–Trinajstić information content (AvgIpc) is 3.14. The predicted molar refractivity (Wildman–Crippen MR) is 92.3 cm³/mol. The number of hydrogen-bond acceptors (Lipinski definition) is 3. The number of urea groups is 1. The molecule has 1 aliphatic carbocycles. The summed E-state index contributed by atoms with van der Waals surface area (Å²) in [5.41, 5.74) is 2.09. The van der Waals surface area contributed by atoms with Gasteiger partial charge in [0.25, 0.3) is 0 Å². The Bertz CT molecular complexity index is 621. The summed E-state index contributed by atoms with van der Waals surface area (Å²) in [4.78, 5) is 18.9. The molecule has 128 valence electrons. The van der Waals surface area contributed by atoms with E-state index >= 15 is 0 Å². The molecule has 3 rings (SSSR count). The lowest BCUT2D eigenvalue weighted by atomic mass is 9.94. The van der Waals surface area contributed by atoms with Crippen molar-refractivity contribution in [2.45, 2.75) is 57.7 Å². The highest BCUT2D eigenvalue weighted by Gasteiger charge is 2.26. The largest absolute Gasteiger partial charge is 0.472 e. The van der Waals surface area contributed by atoms with Gasteiger partial charge in [-0.25, -0.2) is 4.79 Å². The second-order valence-corrected chi connectivity index (χ2v) is 6.50. The molecule has 0 aliphatic heterocycles. The van der Waals surface area contributed by atoms with Crippen molar-refractivity contribution in [1.29, 1.82) is 0 Å². The normalized spacial score (nSPS) is 16.5. The molecule has 1 N–H and O–H groups in total. The molecule has 0 unspecified atom stereocenters.